The second-order valence-corrected chi connectivity index (χ2v) is 27.9. The molecule has 0 amide bonds. The van der Waals surface area contributed by atoms with Crippen LogP contribution in [0.1, 0.15) is 45.4 Å². The van der Waals surface area contributed by atoms with Gasteiger partial charge in [-0.05, 0) is 19.4 Å². The Kier molecular flexibility index (Phi) is 11.1. The molecule has 0 aliphatic carbocycles. The summed E-state index contributed by atoms with van der Waals surface area (Å²) >= 11 is 10.9. The molecule has 0 spiro atoms. The molecule has 6 heteroatoms. The van der Waals surface area contributed by atoms with Crippen LogP contribution in [0.25, 0.3) is 0 Å². The Morgan fingerprint density at radius 1 is 1.06 bits per heavy atom. The largest absolute Gasteiger partial charge is 0.462 e. The van der Waals surface area contributed by atoms with Gasteiger partial charge in [-0.1, -0.05) is 84.6 Å². The third-order valence-electron chi connectivity index (χ3n) is 2.44. The van der Waals surface area contributed by atoms with Gasteiger partial charge >= 0.3 is 5.97 Å². The molecule has 0 aliphatic rings. The van der Waals surface area contributed by atoms with Crippen LogP contribution in [0, 0.1) is 0 Å². The fraction of sp³-hybridized carbons (Fsp3) is 0.750. The Morgan fingerprint density at radius 3 is 2.06 bits per heavy atom. The van der Waals surface area contributed by atoms with Crippen molar-refractivity contribution < 1.29 is 9.53 Å². The highest BCUT2D eigenvalue weighted by Crippen LogP contribution is 2.33. The van der Waals surface area contributed by atoms with E-state index in [-0.39, 0.29) is 5.97 Å². The first-order valence-electron chi connectivity index (χ1n) is 6.22. The van der Waals surface area contributed by atoms with Crippen LogP contribution in [-0.4, -0.2) is 16.5 Å². The second kappa shape index (κ2) is 10.6. The molecular formula is C12H21Br3O2Si. The number of hydrogen-bond acceptors (Lipinski definition) is 2. The van der Waals surface area contributed by atoms with E-state index < -0.39 is 3.93 Å². The maximum absolute atomic E-state index is 11.1. The predicted molar refractivity (Wildman–Crippen MR) is 90.8 cm³/mol. The van der Waals surface area contributed by atoms with Crippen molar-refractivity contribution >= 4 is 55.8 Å². The lowest BCUT2D eigenvalue weighted by Gasteiger charge is -2.08. The summed E-state index contributed by atoms with van der Waals surface area (Å²) in [7, 11) is 0. The van der Waals surface area contributed by atoms with Crippen LogP contribution in [0.3, 0.4) is 0 Å². The van der Waals surface area contributed by atoms with Crippen molar-refractivity contribution in [2.24, 2.45) is 0 Å². The van der Waals surface area contributed by atoms with Gasteiger partial charge in [-0.15, -0.1) is 0 Å². The molecule has 0 heterocycles. The standard InChI is InChI=1S/C12H21Br3O2Si/c1-11(2)12(16)17-9-7-5-3-4-6-8-10-18(13,14)15/h1,3-10H2,2H3. The first kappa shape index (κ1) is 18.9. The van der Waals surface area contributed by atoms with E-state index in [1.807, 2.05) is 0 Å². The van der Waals surface area contributed by atoms with Crippen LogP contribution in [0.4, 0.5) is 0 Å². The molecule has 0 aromatic rings. The number of unbranched alkanes of at least 4 members (excludes halogenated alkanes) is 5. The quantitative estimate of drug-likeness (QED) is 0.139. The molecule has 0 radical (unpaired) electrons. The average molecular weight is 465 g/mol. The minimum Gasteiger partial charge on any atom is -0.462 e. The Morgan fingerprint density at radius 2 is 1.56 bits per heavy atom. The van der Waals surface area contributed by atoms with E-state index in [4.69, 9.17) is 4.74 Å². The van der Waals surface area contributed by atoms with Gasteiger partial charge in [-0.25, -0.2) is 4.79 Å². The van der Waals surface area contributed by atoms with Gasteiger partial charge in [0.2, 0.25) is 0 Å². The number of esters is 1. The van der Waals surface area contributed by atoms with E-state index in [2.05, 4.69) is 52.5 Å². The summed E-state index contributed by atoms with van der Waals surface area (Å²) in [6.07, 6.45) is 7.07. The van der Waals surface area contributed by atoms with Gasteiger partial charge < -0.3 is 4.74 Å². The normalized spacial score (nSPS) is 11.3. The van der Waals surface area contributed by atoms with Crippen molar-refractivity contribution in [1.29, 1.82) is 0 Å². The van der Waals surface area contributed by atoms with Gasteiger partial charge in [0.05, 0.1) is 6.61 Å². The van der Waals surface area contributed by atoms with Crippen molar-refractivity contribution in [3.63, 3.8) is 0 Å². The SMILES string of the molecule is C=C(C)C(=O)OCCCCCCCC[Si](Br)(Br)Br. The predicted octanol–water partition coefficient (Wildman–Crippen LogP) is 5.57. The lowest BCUT2D eigenvalue weighted by atomic mass is 10.1. The Bertz CT molecular complexity index is 265. The van der Waals surface area contributed by atoms with Gasteiger partial charge in [0, 0.05) is 5.57 Å². The maximum atomic E-state index is 11.1. The summed E-state index contributed by atoms with van der Waals surface area (Å²) in [6, 6.07) is 1.20. The highest BCUT2D eigenvalue weighted by molar-refractivity contribution is 9.72. The van der Waals surface area contributed by atoms with Crippen molar-refractivity contribution in [3.8, 4) is 0 Å². The Hall–Kier alpha value is 0.867. The first-order chi connectivity index (χ1) is 8.33. The van der Waals surface area contributed by atoms with Gasteiger partial charge in [0.1, 0.15) is 0 Å². The Balaban J connectivity index is 3.22. The van der Waals surface area contributed by atoms with Crippen LogP contribution in [0.5, 0.6) is 0 Å². The third kappa shape index (κ3) is 13.3. The highest BCUT2D eigenvalue weighted by atomic mass is 80.0. The molecule has 0 aliphatic heterocycles. The minimum absolute atomic E-state index is 0.275. The molecule has 0 rings (SSSR count). The zero-order valence-corrected chi connectivity index (χ0v) is 16.6. The van der Waals surface area contributed by atoms with Crippen LogP contribution in [0.15, 0.2) is 12.2 Å². The van der Waals surface area contributed by atoms with E-state index in [1.165, 1.54) is 31.7 Å². The molecule has 0 N–H and O–H groups in total. The molecule has 0 saturated heterocycles. The van der Waals surface area contributed by atoms with Gasteiger partial charge in [0.15, 0.2) is 0 Å². The lowest BCUT2D eigenvalue weighted by Crippen LogP contribution is -2.06. The molecule has 0 aromatic carbocycles. The van der Waals surface area contributed by atoms with Crippen LogP contribution in [0.2, 0.25) is 6.04 Å². The topological polar surface area (TPSA) is 26.3 Å². The fourth-order valence-electron chi connectivity index (χ4n) is 1.42. The van der Waals surface area contributed by atoms with Crippen molar-refractivity contribution in [2.75, 3.05) is 6.61 Å². The molecular weight excluding hydrogens is 444 g/mol. The molecule has 0 atom stereocenters. The minimum atomic E-state index is -1.39. The van der Waals surface area contributed by atoms with E-state index in [0.717, 1.165) is 12.8 Å². The number of rotatable bonds is 10. The number of carbonyl (C=O) groups is 1. The molecule has 2 nitrogen and oxygen atoms in total. The zero-order valence-electron chi connectivity index (χ0n) is 10.8. The van der Waals surface area contributed by atoms with Crippen LogP contribution >= 0.6 is 45.9 Å². The van der Waals surface area contributed by atoms with E-state index in [1.54, 1.807) is 6.92 Å². The summed E-state index contributed by atoms with van der Waals surface area (Å²) in [5, 5.41) is 0. The van der Waals surface area contributed by atoms with E-state index in [9.17, 15) is 4.79 Å². The molecule has 0 fully saturated rings. The van der Waals surface area contributed by atoms with Crippen molar-refractivity contribution in [1.82, 2.24) is 0 Å². The van der Waals surface area contributed by atoms with Gasteiger partial charge in [-0.3, -0.25) is 0 Å². The zero-order chi connectivity index (χ0) is 14.0. The smallest absolute Gasteiger partial charge is 0.333 e. The molecule has 0 bridgehead atoms. The van der Waals surface area contributed by atoms with E-state index in [0.29, 0.717) is 12.2 Å². The third-order valence-corrected chi connectivity index (χ3v) is 6.93. The summed E-state index contributed by atoms with van der Waals surface area (Å²) in [5.74, 6) is -0.275. The summed E-state index contributed by atoms with van der Waals surface area (Å²) in [6.45, 7) is 5.73. The fourth-order valence-corrected chi connectivity index (χ4v) is 4.60. The number of hydrogen-bond donors (Lipinski definition) is 0. The molecule has 106 valence electrons. The first-order valence-corrected chi connectivity index (χ1v) is 15.2. The summed E-state index contributed by atoms with van der Waals surface area (Å²) in [5.41, 5.74) is 0.474. The Labute approximate surface area is 135 Å². The summed E-state index contributed by atoms with van der Waals surface area (Å²) in [4.78, 5) is 11.1. The van der Waals surface area contributed by atoms with Crippen molar-refractivity contribution in [2.45, 2.75) is 51.5 Å². The molecule has 0 saturated carbocycles. The highest BCUT2D eigenvalue weighted by Gasteiger charge is 2.20. The number of carbonyl (C=O) groups excluding carboxylic acids is 1. The van der Waals surface area contributed by atoms with Gasteiger partial charge in [-0.2, -0.15) is 0 Å². The summed E-state index contributed by atoms with van der Waals surface area (Å²) < 4.78 is 3.63. The maximum Gasteiger partial charge on any atom is 0.333 e. The monoisotopic (exact) mass is 462 g/mol. The van der Waals surface area contributed by atoms with Crippen LogP contribution < -0.4 is 0 Å². The van der Waals surface area contributed by atoms with Crippen molar-refractivity contribution in [3.05, 3.63) is 12.2 Å². The molecule has 18 heavy (non-hydrogen) atoms. The molecule has 0 unspecified atom stereocenters. The molecule has 0 aromatic heterocycles. The number of halogens is 3. The average Bonchev–Trinajstić information content (AvgIpc) is 2.24. The number of ether oxygens (including phenoxy) is 1. The second-order valence-electron chi connectivity index (χ2n) is 4.40. The van der Waals surface area contributed by atoms with Crippen LogP contribution in [-0.2, 0) is 9.53 Å². The lowest BCUT2D eigenvalue weighted by molar-refractivity contribution is -0.139. The van der Waals surface area contributed by atoms with E-state index >= 15 is 0 Å². The van der Waals surface area contributed by atoms with Gasteiger partial charge in [0.25, 0.3) is 3.93 Å².